The summed E-state index contributed by atoms with van der Waals surface area (Å²) < 4.78 is 32.8. The van der Waals surface area contributed by atoms with Crippen molar-refractivity contribution in [1.29, 1.82) is 0 Å². The first-order chi connectivity index (χ1) is 10.7. The smallest absolute Gasteiger partial charge is 0.201 e. The van der Waals surface area contributed by atoms with Gasteiger partial charge in [0, 0.05) is 5.56 Å². The van der Waals surface area contributed by atoms with E-state index in [9.17, 15) is 8.78 Å². The molecule has 0 N–H and O–H groups in total. The Morgan fingerprint density at radius 2 is 1.82 bits per heavy atom. The lowest BCUT2D eigenvalue weighted by Gasteiger charge is -2.25. The van der Waals surface area contributed by atoms with Gasteiger partial charge in [0.2, 0.25) is 5.82 Å². The molecule has 3 rings (SSSR count). The molecule has 120 valence electrons. The van der Waals surface area contributed by atoms with E-state index >= 15 is 0 Å². The average molecular weight is 306 g/mol. The number of rotatable bonds is 4. The third-order valence-electron chi connectivity index (χ3n) is 5.27. The third kappa shape index (κ3) is 3.18. The molecule has 0 aliphatic heterocycles. The summed E-state index contributed by atoms with van der Waals surface area (Å²) in [4.78, 5) is 0. The van der Waals surface area contributed by atoms with Gasteiger partial charge in [-0.2, -0.15) is 4.39 Å². The Morgan fingerprint density at radius 3 is 2.45 bits per heavy atom. The Hall–Kier alpha value is -1.38. The Kier molecular flexibility index (Phi) is 4.80. The van der Waals surface area contributed by atoms with Crippen LogP contribution in [0.15, 0.2) is 18.2 Å². The molecule has 3 heteroatoms. The van der Waals surface area contributed by atoms with Gasteiger partial charge in [-0.05, 0) is 55.2 Å². The highest BCUT2D eigenvalue weighted by Crippen LogP contribution is 2.39. The number of methoxy groups -OCH3 is 1. The summed E-state index contributed by atoms with van der Waals surface area (Å²) in [5.74, 6) is -0.0706. The standard InChI is InChI=1S/C19H24F2O/c1-22-17-11-10-16(18(20)19(17)21)15-8-6-14(7-9-15)12-13-4-2-3-5-13/h8,10-11,13-14H,2-7,9,12H2,1H3. The highest BCUT2D eigenvalue weighted by molar-refractivity contribution is 5.67. The maximum Gasteiger partial charge on any atom is 0.201 e. The Bertz CT molecular complexity index is 559. The van der Waals surface area contributed by atoms with Gasteiger partial charge in [0.15, 0.2) is 11.6 Å². The van der Waals surface area contributed by atoms with Crippen molar-refractivity contribution in [1.82, 2.24) is 0 Å². The van der Waals surface area contributed by atoms with Crippen LogP contribution in [0.3, 0.4) is 0 Å². The van der Waals surface area contributed by atoms with Gasteiger partial charge in [-0.15, -0.1) is 0 Å². The molecule has 1 aromatic carbocycles. The molecule has 22 heavy (non-hydrogen) atoms. The zero-order valence-corrected chi connectivity index (χ0v) is 13.2. The van der Waals surface area contributed by atoms with Gasteiger partial charge in [-0.25, -0.2) is 4.39 Å². The zero-order chi connectivity index (χ0) is 15.5. The average Bonchev–Trinajstić information content (AvgIpc) is 3.04. The van der Waals surface area contributed by atoms with E-state index in [1.54, 1.807) is 6.07 Å². The van der Waals surface area contributed by atoms with Crippen LogP contribution in [-0.4, -0.2) is 7.11 Å². The van der Waals surface area contributed by atoms with Crippen molar-refractivity contribution < 1.29 is 13.5 Å². The Morgan fingerprint density at radius 1 is 1.05 bits per heavy atom. The molecule has 0 saturated heterocycles. The molecule has 1 unspecified atom stereocenters. The van der Waals surface area contributed by atoms with Gasteiger partial charge in [0.05, 0.1) is 7.11 Å². The first kappa shape index (κ1) is 15.5. The van der Waals surface area contributed by atoms with E-state index < -0.39 is 11.6 Å². The van der Waals surface area contributed by atoms with Crippen molar-refractivity contribution in [2.75, 3.05) is 7.11 Å². The number of benzene rings is 1. The van der Waals surface area contributed by atoms with E-state index in [4.69, 9.17) is 4.74 Å². The summed E-state index contributed by atoms with van der Waals surface area (Å²) in [6, 6.07) is 3.15. The molecule has 2 aliphatic rings. The largest absolute Gasteiger partial charge is 0.494 e. The van der Waals surface area contributed by atoms with Crippen molar-refractivity contribution in [2.45, 2.75) is 51.4 Å². The molecule has 1 aromatic rings. The van der Waals surface area contributed by atoms with E-state index in [0.717, 1.165) is 36.7 Å². The highest BCUT2D eigenvalue weighted by atomic mass is 19.2. The molecule has 1 nitrogen and oxygen atoms in total. The predicted molar refractivity (Wildman–Crippen MR) is 84.8 cm³/mol. The molecular formula is C19H24F2O. The minimum absolute atomic E-state index is 0.0308. The zero-order valence-electron chi connectivity index (χ0n) is 13.2. The van der Waals surface area contributed by atoms with Crippen molar-refractivity contribution >= 4 is 5.57 Å². The molecule has 2 aliphatic carbocycles. The van der Waals surface area contributed by atoms with Crippen molar-refractivity contribution in [3.8, 4) is 5.75 Å². The maximum absolute atomic E-state index is 14.2. The molecular weight excluding hydrogens is 282 g/mol. The minimum atomic E-state index is -0.881. The number of hydrogen-bond acceptors (Lipinski definition) is 1. The molecule has 1 saturated carbocycles. The summed E-state index contributed by atoms with van der Waals surface area (Å²) in [6.07, 6.45) is 11.9. The van der Waals surface area contributed by atoms with Crippen molar-refractivity contribution in [3.05, 3.63) is 35.4 Å². The summed E-state index contributed by atoms with van der Waals surface area (Å²) >= 11 is 0. The Labute approximate surface area is 131 Å². The molecule has 0 radical (unpaired) electrons. The maximum atomic E-state index is 14.2. The van der Waals surface area contributed by atoms with Crippen LogP contribution >= 0.6 is 0 Å². The second-order valence-corrected chi connectivity index (χ2v) is 6.70. The topological polar surface area (TPSA) is 9.23 Å². The van der Waals surface area contributed by atoms with Crippen LogP contribution in [-0.2, 0) is 0 Å². The number of hydrogen-bond donors (Lipinski definition) is 0. The second kappa shape index (κ2) is 6.80. The van der Waals surface area contributed by atoms with Crippen LogP contribution < -0.4 is 4.74 Å². The van der Waals surface area contributed by atoms with Crippen LogP contribution in [0.5, 0.6) is 5.75 Å². The Balaban J connectivity index is 1.69. The molecule has 1 fully saturated rings. The van der Waals surface area contributed by atoms with Crippen molar-refractivity contribution in [2.24, 2.45) is 11.8 Å². The number of halogens is 2. The van der Waals surface area contributed by atoms with E-state index in [-0.39, 0.29) is 5.75 Å². The summed E-state index contributed by atoms with van der Waals surface area (Å²) in [5.41, 5.74) is 1.35. The lowest BCUT2D eigenvalue weighted by atomic mass is 9.81. The van der Waals surface area contributed by atoms with Crippen LogP contribution in [0.4, 0.5) is 8.78 Å². The fourth-order valence-electron chi connectivity index (χ4n) is 4.00. The van der Waals surface area contributed by atoms with Crippen LogP contribution in [0.25, 0.3) is 5.57 Å². The first-order valence-corrected chi connectivity index (χ1v) is 8.40. The molecule has 0 spiro atoms. The van der Waals surface area contributed by atoms with Gasteiger partial charge >= 0.3 is 0 Å². The van der Waals surface area contributed by atoms with Gasteiger partial charge in [0.25, 0.3) is 0 Å². The highest BCUT2D eigenvalue weighted by Gasteiger charge is 2.24. The SMILES string of the molecule is COc1ccc(C2=CCC(CC3CCCC3)CC2)c(F)c1F. The summed E-state index contributed by atoms with van der Waals surface area (Å²) in [5, 5.41) is 0. The van der Waals surface area contributed by atoms with E-state index in [0.29, 0.717) is 5.56 Å². The van der Waals surface area contributed by atoms with Gasteiger partial charge in [-0.3, -0.25) is 0 Å². The molecule has 0 heterocycles. The third-order valence-corrected chi connectivity index (χ3v) is 5.27. The molecule has 0 aromatic heterocycles. The lowest BCUT2D eigenvalue weighted by molar-refractivity contribution is 0.355. The lowest BCUT2D eigenvalue weighted by Crippen LogP contribution is -2.10. The minimum Gasteiger partial charge on any atom is -0.494 e. The fraction of sp³-hybridized carbons (Fsp3) is 0.579. The normalized spacial score (nSPS) is 22.7. The number of ether oxygens (including phenoxy) is 1. The molecule has 0 amide bonds. The summed E-state index contributed by atoms with van der Waals surface area (Å²) in [7, 11) is 1.35. The number of allylic oxidation sites excluding steroid dienone is 2. The van der Waals surface area contributed by atoms with E-state index in [2.05, 4.69) is 6.08 Å². The fourth-order valence-corrected chi connectivity index (χ4v) is 4.00. The first-order valence-electron chi connectivity index (χ1n) is 8.40. The van der Waals surface area contributed by atoms with Gasteiger partial charge in [-0.1, -0.05) is 31.8 Å². The van der Waals surface area contributed by atoms with E-state index in [1.165, 1.54) is 45.3 Å². The van der Waals surface area contributed by atoms with E-state index in [1.807, 2.05) is 0 Å². The monoisotopic (exact) mass is 306 g/mol. The summed E-state index contributed by atoms with van der Waals surface area (Å²) in [6.45, 7) is 0. The molecule has 1 atom stereocenters. The van der Waals surface area contributed by atoms with Gasteiger partial charge < -0.3 is 4.74 Å². The second-order valence-electron chi connectivity index (χ2n) is 6.70. The van der Waals surface area contributed by atoms with Gasteiger partial charge in [0.1, 0.15) is 0 Å². The quantitative estimate of drug-likeness (QED) is 0.689. The predicted octanol–water partition coefficient (Wildman–Crippen LogP) is 5.74. The van der Waals surface area contributed by atoms with Crippen LogP contribution in [0, 0.1) is 23.5 Å². The molecule has 0 bridgehead atoms. The van der Waals surface area contributed by atoms with Crippen LogP contribution in [0.2, 0.25) is 0 Å². The van der Waals surface area contributed by atoms with Crippen molar-refractivity contribution in [3.63, 3.8) is 0 Å². The van der Waals surface area contributed by atoms with Crippen LogP contribution in [0.1, 0.15) is 56.9 Å².